The molecule has 5 rings (SSSR count). The maximum absolute atomic E-state index is 12.9. The third-order valence-electron chi connectivity index (χ3n) is 6.45. The van der Waals surface area contributed by atoms with E-state index in [2.05, 4.69) is 16.3 Å². The first-order valence-corrected chi connectivity index (χ1v) is 12.3. The Balaban J connectivity index is 1.23. The van der Waals surface area contributed by atoms with Crippen molar-refractivity contribution < 1.29 is 9.53 Å². The van der Waals surface area contributed by atoms with Gasteiger partial charge in [0.05, 0.1) is 5.52 Å². The number of hydrogen-bond acceptors (Lipinski definition) is 4. The van der Waals surface area contributed by atoms with E-state index < -0.39 is 0 Å². The first-order valence-electron chi connectivity index (χ1n) is 11.9. The minimum absolute atomic E-state index is 0.164. The van der Waals surface area contributed by atoms with Gasteiger partial charge >= 0.3 is 0 Å². The molecule has 2 heterocycles. The maximum atomic E-state index is 12.9. The van der Waals surface area contributed by atoms with Crippen molar-refractivity contribution in [2.75, 3.05) is 18.4 Å². The van der Waals surface area contributed by atoms with Crippen molar-refractivity contribution in [3.63, 3.8) is 0 Å². The van der Waals surface area contributed by atoms with Gasteiger partial charge in [0.2, 0.25) is 0 Å². The van der Waals surface area contributed by atoms with Gasteiger partial charge in [-0.1, -0.05) is 29.8 Å². The van der Waals surface area contributed by atoms with Crippen LogP contribution in [-0.2, 0) is 13.2 Å². The number of amides is 1. The van der Waals surface area contributed by atoms with Crippen LogP contribution in [0.15, 0.2) is 72.9 Å². The molecule has 6 heteroatoms. The molecular formula is C29H28ClN3O2. The number of ether oxygens (including phenoxy) is 1. The molecule has 0 aliphatic carbocycles. The first kappa shape index (κ1) is 23.3. The molecule has 1 N–H and O–H groups in total. The van der Waals surface area contributed by atoms with Crippen molar-refractivity contribution in [3.05, 3.63) is 100 Å². The number of pyridine rings is 1. The molecule has 1 amide bonds. The molecular weight excluding hydrogens is 458 g/mol. The molecule has 3 aromatic carbocycles. The molecule has 1 saturated heterocycles. The second-order valence-corrected chi connectivity index (χ2v) is 9.47. The van der Waals surface area contributed by atoms with Crippen LogP contribution in [0.4, 0.5) is 5.69 Å². The van der Waals surface area contributed by atoms with Crippen LogP contribution in [0.1, 0.15) is 39.9 Å². The van der Waals surface area contributed by atoms with Gasteiger partial charge in [-0.25, -0.2) is 0 Å². The van der Waals surface area contributed by atoms with Gasteiger partial charge < -0.3 is 10.1 Å². The number of fused-ring (bicyclic) bond motifs is 1. The summed E-state index contributed by atoms with van der Waals surface area (Å²) in [5.74, 6) is 0.537. The SMILES string of the molecule is Cc1c(NC(=O)c2ccc(OCc3ccc(Cl)cc3)cc2)ccc2cc(CN3CCCC3)cnc12. The zero-order valence-corrected chi connectivity index (χ0v) is 20.5. The summed E-state index contributed by atoms with van der Waals surface area (Å²) >= 11 is 5.92. The number of likely N-dealkylation sites (tertiary alicyclic amines) is 1. The summed E-state index contributed by atoms with van der Waals surface area (Å²) < 4.78 is 5.82. The quantitative estimate of drug-likeness (QED) is 0.319. The molecule has 5 nitrogen and oxygen atoms in total. The largest absolute Gasteiger partial charge is 0.489 e. The van der Waals surface area contributed by atoms with E-state index in [0.717, 1.165) is 47.4 Å². The summed E-state index contributed by atoms with van der Waals surface area (Å²) in [4.78, 5) is 20.1. The van der Waals surface area contributed by atoms with Crippen LogP contribution in [-0.4, -0.2) is 28.9 Å². The number of nitrogens with zero attached hydrogens (tertiary/aromatic N) is 2. The predicted molar refractivity (Wildman–Crippen MR) is 141 cm³/mol. The summed E-state index contributed by atoms with van der Waals surface area (Å²) in [5, 5.41) is 4.83. The standard InChI is InChI=1S/C29H28ClN3O2/c1-20-27(13-8-24-16-22(17-31-28(20)24)18-33-14-2-3-15-33)32-29(34)23-6-11-26(12-7-23)35-19-21-4-9-25(30)10-5-21/h4-13,16-17H,2-3,14-15,18-19H2,1H3,(H,32,34). The Labute approximate surface area is 210 Å². The molecule has 1 fully saturated rings. The van der Waals surface area contributed by atoms with E-state index >= 15 is 0 Å². The average Bonchev–Trinajstić information content (AvgIpc) is 3.39. The number of rotatable bonds is 7. The van der Waals surface area contributed by atoms with Gasteiger partial charge in [0.25, 0.3) is 5.91 Å². The molecule has 0 atom stereocenters. The summed E-state index contributed by atoms with van der Waals surface area (Å²) in [7, 11) is 0. The molecule has 1 aliphatic heterocycles. The number of carbonyl (C=O) groups is 1. The lowest BCUT2D eigenvalue weighted by Crippen LogP contribution is -2.18. The Morgan fingerprint density at radius 2 is 1.74 bits per heavy atom. The second kappa shape index (κ2) is 10.5. The van der Waals surface area contributed by atoms with Gasteiger partial charge in [-0.3, -0.25) is 14.7 Å². The van der Waals surface area contributed by atoms with Crippen LogP contribution in [0.5, 0.6) is 5.75 Å². The number of hydrogen-bond donors (Lipinski definition) is 1. The van der Waals surface area contributed by atoms with Crippen molar-refractivity contribution in [1.82, 2.24) is 9.88 Å². The number of halogens is 1. The van der Waals surface area contributed by atoms with E-state index in [-0.39, 0.29) is 5.91 Å². The number of nitrogens with one attached hydrogen (secondary N) is 1. The summed E-state index contributed by atoms with van der Waals surface area (Å²) in [6, 6.07) is 20.9. The van der Waals surface area contributed by atoms with Gasteiger partial charge in [-0.05, 0) is 98.1 Å². The number of carbonyl (C=O) groups excluding carboxylic acids is 1. The van der Waals surface area contributed by atoms with E-state index in [1.807, 2.05) is 61.7 Å². The molecule has 1 aromatic heterocycles. The molecule has 0 bridgehead atoms. The van der Waals surface area contributed by atoms with Crippen LogP contribution >= 0.6 is 11.6 Å². The lowest BCUT2D eigenvalue weighted by molar-refractivity contribution is 0.102. The van der Waals surface area contributed by atoms with Crippen LogP contribution in [0, 0.1) is 6.92 Å². The van der Waals surface area contributed by atoms with Crippen molar-refractivity contribution >= 4 is 34.1 Å². The number of aromatic nitrogens is 1. The maximum Gasteiger partial charge on any atom is 0.255 e. The fourth-order valence-electron chi connectivity index (χ4n) is 4.46. The fourth-order valence-corrected chi connectivity index (χ4v) is 4.58. The zero-order chi connectivity index (χ0) is 24.2. The van der Waals surface area contributed by atoms with Gasteiger partial charge in [-0.15, -0.1) is 0 Å². The normalized spacial score (nSPS) is 13.8. The molecule has 35 heavy (non-hydrogen) atoms. The predicted octanol–water partition coefficient (Wildman–Crippen LogP) is 6.62. The molecule has 1 aliphatic rings. The molecule has 0 unspecified atom stereocenters. The monoisotopic (exact) mass is 485 g/mol. The highest BCUT2D eigenvalue weighted by atomic mass is 35.5. The van der Waals surface area contributed by atoms with Crippen LogP contribution < -0.4 is 10.1 Å². The third kappa shape index (κ3) is 5.64. The molecule has 0 radical (unpaired) electrons. The summed E-state index contributed by atoms with van der Waals surface area (Å²) in [5.41, 5.74) is 5.47. The minimum atomic E-state index is -0.164. The average molecular weight is 486 g/mol. The van der Waals surface area contributed by atoms with E-state index in [4.69, 9.17) is 21.3 Å². The highest BCUT2D eigenvalue weighted by Crippen LogP contribution is 2.26. The Morgan fingerprint density at radius 3 is 2.49 bits per heavy atom. The Hall–Kier alpha value is -3.41. The van der Waals surface area contributed by atoms with Crippen LogP contribution in [0.3, 0.4) is 0 Å². The van der Waals surface area contributed by atoms with Gasteiger partial charge in [-0.2, -0.15) is 0 Å². The summed E-state index contributed by atoms with van der Waals surface area (Å²) in [6.45, 7) is 5.71. The smallest absolute Gasteiger partial charge is 0.255 e. The Bertz CT molecular complexity index is 1330. The van der Waals surface area contributed by atoms with Gasteiger partial charge in [0.15, 0.2) is 0 Å². The van der Waals surface area contributed by atoms with Crippen molar-refractivity contribution in [3.8, 4) is 5.75 Å². The number of aryl methyl sites for hydroxylation is 1. The van der Waals surface area contributed by atoms with E-state index in [9.17, 15) is 4.79 Å². The molecule has 0 saturated carbocycles. The van der Waals surface area contributed by atoms with Gasteiger partial charge in [0, 0.05) is 34.4 Å². The highest BCUT2D eigenvalue weighted by Gasteiger charge is 2.14. The van der Waals surface area contributed by atoms with E-state index in [0.29, 0.717) is 22.9 Å². The van der Waals surface area contributed by atoms with Crippen LogP contribution in [0.25, 0.3) is 10.9 Å². The Morgan fingerprint density at radius 1 is 1.00 bits per heavy atom. The van der Waals surface area contributed by atoms with Crippen molar-refractivity contribution in [2.45, 2.75) is 32.9 Å². The van der Waals surface area contributed by atoms with E-state index in [1.54, 1.807) is 12.1 Å². The Kier molecular flexibility index (Phi) is 6.98. The molecule has 4 aromatic rings. The summed E-state index contributed by atoms with van der Waals surface area (Å²) in [6.07, 6.45) is 4.52. The van der Waals surface area contributed by atoms with Crippen molar-refractivity contribution in [1.29, 1.82) is 0 Å². The molecule has 178 valence electrons. The fraction of sp³-hybridized carbons (Fsp3) is 0.241. The third-order valence-corrected chi connectivity index (χ3v) is 6.70. The minimum Gasteiger partial charge on any atom is -0.489 e. The van der Waals surface area contributed by atoms with Crippen molar-refractivity contribution in [2.24, 2.45) is 0 Å². The second-order valence-electron chi connectivity index (χ2n) is 9.03. The lowest BCUT2D eigenvalue weighted by Gasteiger charge is -2.15. The zero-order valence-electron chi connectivity index (χ0n) is 19.8. The van der Waals surface area contributed by atoms with E-state index in [1.165, 1.54) is 18.4 Å². The molecule has 0 spiro atoms. The number of benzene rings is 3. The van der Waals surface area contributed by atoms with Crippen LogP contribution in [0.2, 0.25) is 5.02 Å². The first-order chi connectivity index (χ1) is 17.0. The topological polar surface area (TPSA) is 54.5 Å². The number of anilines is 1. The lowest BCUT2D eigenvalue weighted by atomic mass is 10.1. The van der Waals surface area contributed by atoms with Gasteiger partial charge in [0.1, 0.15) is 12.4 Å². The highest BCUT2D eigenvalue weighted by molar-refractivity contribution is 6.30.